The number of aromatic nitrogens is 3. The van der Waals surface area contributed by atoms with Gasteiger partial charge in [-0.3, -0.25) is 4.40 Å². The van der Waals surface area contributed by atoms with E-state index in [1.807, 2.05) is 0 Å². The molecule has 8 heteroatoms. The van der Waals surface area contributed by atoms with E-state index in [0.717, 1.165) is 32.0 Å². The highest BCUT2D eigenvalue weighted by Crippen LogP contribution is 2.27. The number of hydrogen-bond donors (Lipinski definition) is 2. The Bertz CT molecular complexity index is 937. The number of nitrogens with zero attached hydrogens (tertiary/aromatic N) is 3. The van der Waals surface area contributed by atoms with Crippen LogP contribution in [-0.4, -0.2) is 40.6 Å². The van der Waals surface area contributed by atoms with Gasteiger partial charge in [0, 0.05) is 30.9 Å². The number of halogens is 2. The number of piperidine rings is 1. The summed E-state index contributed by atoms with van der Waals surface area (Å²) >= 11 is 0. The molecule has 2 N–H and O–H groups in total. The van der Waals surface area contributed by atoms with E-state index in [1.54, 1.807) is 29.8 Å². The molecule has 1 aliphatic heterocycles. The first kappa shape index (κ1) is 16.7. The first-order valence-corrected chi connectivity index (χ1v) is 8.50. The Morgan fingerprint density at radius 2 is 2.19 bits per heavy atom. The molecule has 0 spiro atoms. The summed E-state index contributed by atoms with van der Waals surface area (Å²) in [5.41, 5.74) is 1.09. The van der Waals surface area contributed by atoms with Crippen molar-refractivity contribution in [1.29, 1.82) is 0 Å². The first-order chi connectivity index (χ1) is 12.7. The minimum Gasteiger partial charge on any atom is -0.497 e. The van der Waals surface area contributed by atoms with Gasteiger partial charge in [0.2, 0.25) is 0 Å². The van der Waals surface area contributed by atoms with Crippen LogP contribution in [0.3, 0.4) is 0 Å². The molecular weight excluding hydrogens is 340 g/mol. The fourth-order valence-corrected chi connectivity index (χ4v) is 3.18. The van der Waals surface area contributed by atoms with Crippen molar-refractivity contribution in [2.45, 2.75) is 18.9 Å². The van der Waals surface area contributed by atoms with Crippen molar-refractivity contribution in [1.82, 2.24) is 19.7 Å². The van der Waals surface area contributed by atoms with Gasteiger partial charge in [-0.25, -0.2) is 18.7 Å². The second-order valence-electron chi connectivity index (χ2n) is 6.28. The summed E-state index contributed by atoms with van der Waals surface area (Å²) in [6.07, 6.45) is 5.15. The minimum atomic E-state index is -0.729. The predicted octanol–water partition coefficient (Wildman–Crippen LogP) is 2.85. The van der Waals surface area contributed by atoms with Gasteiger partial charge in [-0.1, -0.05) is 0 Å². The largest absolute Gasteiger partial charge is 0.497 e. The third kappa shape index (κ3) is 3.08. The van der Waals surface area contributed by atoms with Crippen molar-refractivity contribution in [3.8, 4) is 17.1 Å². The van der Waals surface area contributed by atoms with Crippen LogP contribution in [0.25, 0.3) is 17.0 Å². The first-order valence-electron chi connectivity index (χ1n) is 8.50. The van der Waals surface area contributed by atoms with Crippen molar-refractivity contribution in [2.75, 3.05) is 25.5 Å². The fourth-order valence-electron chi connectivity index (χ4n) is 3.18. The molecule has 0 amide bonds. The number of nitrogens with one attached hydrogen (secondary N) is 2. The molecule has 0 aromatic carbocycles. The third-order valence-corrected chi connectivity index (χ3v) is 4.53. The van der Waals surface area contributed by atoms with Crippen LogP contribution in [0.4, 0.5) is 14.6 Å². The topological polar surface area (TPSA) is 63.5 Å². The lowest BCUT2D eigenvalue weighted by Gasteiger charge is -2.24. The number of ether oxygens (including phenoxy) is 1. The van der Waals surface area contributed by atoms with E-state index in [0.29, 0.717) is 17.1 Å². The monoisotopic (exact) mass is 359 g/mol. The predicted molar refractivity (Wildman–Crippen MR) is 94.4 cm³/mol. The average molecular weight is 359 g/mol. The van der Waals surface area contributed by atoms with E-state index in [4.69, 9.17) is 4.74 Å². The quantitative estimate of drug-likeness (QED) is 0.750. The number of methoxy groups -OCH3 is 1. The fraction of sp³-hybridized carbons (Fsp3) is 0.333. The van der Waals surface area contributed by atoms with Gasteiger partial charge in [-0.2, -0.15) is 0 Å². The Labute approximate surface area is 149 Å². The summed E-state index contributed by atoms with van der Waals surface area (Å²) in [5.74, 6) is -0.729. The van der Waals surface area contributed by atoms with Crippen molar-refractivity contribution < 1.29 is 13.5 Å². The molecule has 1 unspecified atom stereocenters. The van der Waals surface area contributed by atoms with Crippen LogP contribution in [-0.2, 0) is 0 Å². The lowest BCUT2D eigenvalue weighted by atomic mass is 10.1. The molecule has 3 aromatic heterocycles. The van der Waals surface area contributed by atoms with Gasteiger partial charge in [0.25, 0.3) is 0 Å². The second-order valence-corrected chi connectivity index (χ2v) is 6.28. The summed E-state index contributed by atoms with van der Waals surface area (Å²) in [4.78, 5) is 8.48. The number of pyridine rings is 2. The summed E-state index contributed by atoms with van der Waals surface area (Å²) in [6, 6.07) is 4.41. The van der Waals surface area contributed by atoms with Crippen LogP contribution < -0.4 is 15.4 Å². The highest BCUT2D eigenvalue weighted by atomic mass is 19.1. The van der Waals surface area contributed by atoms with Gasteiger partial charge >= 0.3 is 0 Å². The maximum absolute atomic E-state index is 14.4. The summed E-state index contributed by atoms with van der Waals surface area (Å²) in [5, 5.41) is 6.33. The smallest absolute Gasteiger partial charge is 0.168 e. The summed E-state index contributed by atoms with van der Waals surface area (Å²) in [7, 11) is 1.56. The Morgan fingerprint density at radius 1 is 1.31 bits per heavy atom. The zero-order valence-corrected chi connectivity index (χ0v) is 14.3. The van der Waals surface area contributed by atoms with E-state index in [-0.39, 0.29) is 17.6 Å². The maximum atomic E-state index is 14.4. The van der Waals surface area contributed by atoms with E-state index < -0.39 is 11.6 Å². The molecule has 4 heterocycles. The molecule has 4 rings (SSSR count). The van der Waals surface area contributed by atoms with Gasteiger partial charge < -0.3 is 15.4 Å². The number of fused-ring (bicyclic) bond motifs is 1. The Morgan fingerprint density at radius 3 is 2.96 bits per heavy atom. The molecule has 0 radical (unpaired) electrons. The molecule has 26 heavy (non-hydrogen) atoms. The average Bonchev–Trinajstić information content (AvgIpc) is 3.07. The zero-order chi connectivity index (χ0) is 18.1. The molecule has 1 fully saturated rings. The Balaban J connectivity index is 1.73. The molecule has 136 valence electrons. The number of rotatable bonds is 4. The normalized spacial score (nSPS) is 17.4. The molecule has 0 aliphatic carbocycles. The van der Waals surface area contributed by atoms with Gasteiger partial charge in [0.15, 0.2) is 17.5 Å². The van der Waals surface area contributed by atoms with E-state index in [2.05, 4.69) is 20.6 Å². The highest BCUT2D eigenvalue weighted by molar-refractivity contribution is 5.63. The van der Waals surface area contributed by atoms with Crippen LogP contribution in [0.15, 0.2) is 30.6 Å². The Kier molecular flexibility index (Phi) is 4.42. The van der Waals surface area contributed by atoms with Crippen LogP contribution in [0.5, 0.6) is 5.75 Å². The van der Waals surface area contributed by atoms with Crippen LogP contribution >= 0.6 is 0 Å². The lowest BCUT2D eigenvalue weighted by molar-refractivity contribution is 0.414. The molecule has 1 saturated heterocycles. The van der Waals surface area contributed by atoms with Gasteiger partial charge in [0.05, 0.1) is 19.0 Å². The third-order valence-electron chi connectivity index (χ3n) is 4.53. The number of anilines is 1. The van der Waals surface area contributed by atoms with Crippen LogP contribution in [0.1, 0.15) is 12.8 Å². The minimum absolute atomic E-state index is 0.0512. The zero-order valence-electron chi connectivity index (χ0n) is 14.3. The van der Waals surface area contributed by atoms with E-state index in [1.165, 1.54) is 6.20 Å². The van der Waals surface area contributed by atoms with Crippen molar-refractivity contribution >= 4 is 11.5 Å². The van der Waals surface area contributed by atoms with Gasteiger partial charge in [0.1, 0.15) is 17.1 Å². The lowest BCUT2D eigenvalue weighted by Crippen LogP contribution is -2.38. The number of imidazole rings is 1. The van der Waals surface area contributed by atoms with E-state index >= 15 is 0 Å². The summed E-state index contributed by atoms with van der Waals surface area (Å²) < 4.78 is 35.5. The summed E-state index contributed by atoms with van der Waals surface area (Å²) in [6.45, 7) is 1.68. The molecule has 1 aliphatic rings. The molecule has 0 saturated carbocycles. The van der Waals surface area contributed by atoms with Crippen molar-refractivity contribution in [3.63, 3.8) is 0 Å². The van der Waals surface area contributed by atoms with Crippen molar-refractivity contribution in [2.24, 2.45) is 0 Å². The molecule has 6 nitrogen and oxygen atoms in total. The molecule has 0 bridgehead atoms. The second kappa shape index (κ2) is 6.87. The SMILES string of the molecule is COc1ccn2c(-c3nc(NC4CCCNC4)c(F)cc3F)cnc2c1. The highest BCUT2D eigenvalue weighted by Gasteiger charge is 2.20. The molecule has 3 aromatic rings. The Hall–Kier alpha value is -2.74. The van der Waals surface area contributed by atoms with Gasteiger partial charge in [-0.15, -0.1) is 0 Å². The molecular formula is C18H19F2N5O. The number of hydrogen-bond acceptors (Lipinski definition) is 5. The molecule has 1 atom stereocenters. The van der Waals surface area contributed by atoms with Crippen LogP contribution in [0.2, 0.25) is 0 Å². The van der Waals surface area contributed by atoms with Gasteiger partial charge in [-0.05, 0) is 25.5 Å². The van der Waals surface area contributed by atoms with Crippen LogP contribution in [0, 0.1) is 11.6 Å². The van der Waals surface area contributed by atoms with E-state index in [9.17, 15) is 8.78 Å². The maximum Gasteiger partial charge on any atom is 0.168 e. The standard InChI is InChI=1S/C18H19F2N5O/c1-26-12-4-6-25-15(10-22-16(25)7-12)17-13(19)8-14(20)18(24-17)23-11-3-2-5-21-9-11/h4,6-8,10-11,21H,2-3,5,9H2,1H3,(H,23,24). The van der Waals surface area contributed by atoms with Crippen molar-refractivity contribution in [3.05, 3.63) is 42.2 Å².